The zero-order valence-corrected chi connectivity index (χ0v) is 14.3. The van der Waals surface area contributed by atoms with Crippen LogP contribution in [0.4, 0.5) is 0 Å². The van der Waals surface area contributed by atoms with Crippen molar-refractivity contribution in [3.05, 3.63) is 70.7 Å². The Morgan fingerprint density at radius 1 is 1.12 bits per heavy atom. The topological polar surface area (TPSA) is 69.4 Å². The molecule has 2 aromatic heterocycles. The first kappa shape index (κ1) is 16.0. The number of nitrogens with zero attached hydrogens (tertiary/aromatic N) is 1. The van der Waals surface area contributed by atoms with E-state index in [0.717, 1.165) is 16.5 Å². The van der Waals surface area contributed by atoms with Crippen molar-refractivity contribution < 1.29 is 13.9 Å². The number of esters is 1. The third kappa shape index (κ3) is 2.63. The van der Waals surface area contributed by atoms with Crippen molar-refractivity contribution in [1.29, 1.82) is 0 Å². The molecule has 4 aromatic rings. The van der Waals surface area contributed by atoms with E-state index < -0.39 is 5.97 Å². The highest BCUT2D eigenvalue weighted by Gasteiger charge is 2.15. The minimum atomic E-state index is -0.423. The van der Waals surface area contributed by atoms with Crippen LogP contribution in [-0.4, -0.2) is 11.0 Å². The molecular formula is C21H15NO4. The van der Waals surface area contributed by atoms with E-state index in [1.54, 1.807) is 25.3 Å². The van der Waals surface area contributed by atoms with Crippen LogP contribution < -0.4 is 10.2 Å². The Morgan fingerprint density at radius 3 is 2.73 bits per heavy atom. The Kier molecular flexibility index (Phi) is 3.77. The molecule has 0 amide bonds. The second kappa shape index (κ2) is 6.11. The molecule has 0 saturated heterocycles. The largest absolute Gasteiger partial charge is 0.463 e. The van der Waals surface area contributed by atoms with Crippen molar-refractivity contribution in [2.45, 2.75) is 13.8 Å². The zero-order chi connectivity index (χ0) is 18.3. The monoisotopic (exact) mass is 345 g/mol. The summed E-state index contributed by atoms with van der Waals surface area (Å²) in [5, 5.41) is 1.38. The molecule has 2 heterocycles. The SMILES string of the molecule is CC(=O)Oc1cc2occ(-c3cccc4cccnc34)c(=O)c2cc1C. The molecule has 0 saturated carbocycles. The number of para-hydroxylation sites is 1. The Balaban J connectivity index is 1.96. The van der Waals surface area contributed by atoms with Crippen LogP contribution >= 0.6 is 0 Å². The smallest absolute Gasteiger partial charge is 0.308 e. The van der Waals surface area contributed by atoms with E-state index in [1.807, 2.05) is 30.3 Å². The Labute approximate surface area is 148 Å². The summed E-state index contributed by atoms with van der Waals surface area (Å²) >= 11 is 0. The van der Waals surface area contributed by atoms with Crippen molar-refractivity contribution in [1.82, 2.24) is 4.98 Å². The molecule has 0 radical (unpaired) electrons. The van der Waals surface area contributed by atoms with Gasteiger partial charge in [0.25, 0.3) is 0 Å². The number of benzene rings is 2. The molecule has 0 aliphatic heterocycles. The highest BCUT2D eigenvalue weighted by Crippen LogP contribution is 2.29. The quantitative estimate of drug-likeness (QED) is 0.401. The average Bonchev–Trinajstić information content (AvgIpc) is 2.63. The fraction of sp³-hybridized carbons (Fsp3) is 0.0952. The van der Waals surface area contributed by atoms with E-state index in [-0.39, 0.29) is 5.43 Å². The zero-order valence-electron chi connectivity index (χ0n) is 14.3. The molecule has 5 heteroatoms. The van der Waals surface area contributed by atoms with Crippen LogP contribution in [0.5, 0.6) is 5.75 Å². The maximum Gasteiger partial charge on any atom is 0.308 e. The second-order valence-corrected chi connectivity index (χ2v) is 6.07. The summed E-state index contributed by atoms with van der Waals surface area (Å²) < 4.78 is 10.8. The summed E-state index contributed by atoms with van der Waals surface area (Å²) in [6, 6.07) is 12.7. The molecule has 4 rings (SSSR count). The van der Waals surface area contributed by atoms with Gasteiger partial charge in [0.05, 0.1) is 16.5 Å². The van der Waals surface area contributed by atoms with Gasteiger partial charge in [-0.1, -0.05) is 24.3 Å². The van der Waals surface area contributed by atoms with Gasteiger partial charge in [0, 0.05) is 30.1 Å². The first-order valence-electron chi connectivity index (χ1n) is 8.13. The highest BCUT2D eigenvalue weighted by molar-refractivity contribution is 5.95. The standard InChI is InChI=1S/C21H15NO4/c1-12-9-16-19(10-18(12)26-13(2)23)25-11-17(21(16)24)15-7-3-5-14-6-4-8-22-20(14)15/h3-11H,1-2H3. The van der Waals surface area contributed by atoms with Crippen LogP contribution in [0, 0.1) is 6.92 Å². The first-order chi connectivity index (χ1) is 12.5. The summed E-state index contributed by atoms with van der Waals surface area (Å²) in [5.74, 6) is -0.0408. The van der Waals surface area contributed by atoms with Crippen LogP contribution in [0.2, 0.25) is 0 Å². The number of hydrogen-bond acceptors (Lipinski definition) is 5. The lowest BCUT2D eigenvalue weighted by Crippen LogP contribution is -2.07. The van der Waals surface area contributed by atoms with Gasteiger partial charge in [-0.15, -0.1) is 0 Å². The molecule has 0 atom stereocenters. The van der Waals surface area contributed by atoms with Crippen LogP contribution in [0.25, 0.3) is 33.0 Å². The Hall–Kier alpha value is -3.47. The number of hydrogen-bond donors (Lipinski definition) is 0. The minimum Gasteiger partial charge on any atom is -0.463 e. The molecule has 0 bridgehead atoms. The van der Waals surface area contributed by atoms with E-state index in [4.69, 9.17) is 9.15 Å². The molecule has 26 heavy (non-hydrogen) atoms. The molecule has 0 aliphatic rings. The Morgan fingerprint density at radius 2 is 1.92 bits per heavy atom. The predicted molar refractivity (Wildman–Crippen MR) is 99.3 cm³/mol. The fourth-order valence-electron chi connectivity index (χ4n) is 3.04. The minimum absolute atomic E-state index is 0.151. The first-order valence-corrected chi connectivity index (χ1v) is 8.13. The average molecular weight is 345 g/mol. The van der Waals surface area contributed by atoms with Crippen LogP contribution in [0.3, 0.4) is 0 Å². The lowest BCUT2D eigenvalue weighted by Gasteiger charge is -2.09. The fourth-order valence-corrected chi connectivity index (χ4v) is 3.04. The summed E-state index contributed by atoms with van der Waals surface area (Å²) in [6.07, 6.45) is 3.13. The van der Waals surface area contributed by atoms with Crippen LogP contribution in [-0.2, 0) is 4.79 Å². The van der Waals surface area contributed by atoms with E-state index in [0.29, 0.717) is 27.8 Å². The molecule has 0 aliphatic carbocycles. The molecule has 0 unspecified atom stereocenters. The van der Waals surface area contributed by atoms with Crippen molar-refractivity contribution in [3.63, 3.8) is 0 Å². The number of carbonyl (C=O) groups excluding carboxylic acids is 1. The van der Waals surface area contributed by atoms with E-state index in [1.165, 1.54) is 13.2 Å². The van der Waals surface area contributed by atoms with Gasteiger partial charge in [0.1, 0.15) is 17.6 Å². The summed E-state index contributed by atoms with van der Waals surface area (Å²) in [4.78, 5) is 28.7. The molecule has 5 nitrogen and oxygen atoms in total. The number of ether oxygens (including phenoxy) is 1. The maximum atomic E-state index is 13.1. The highest BCUT2D eigenvalue weighted by atomic mass is 16.5. The number of pyridine rings is 1. The third-order valence-electron chi connectivity index (χ3n) is 4.25. The number of fused-ring (bicyclic) bond motifs is 2. The number of rotatable bonds is 2. The molecule has 128 valence electrons. The van der Waals surface area contributed by atoms with Gasteiger partial charge >= 0.3 is 5.97 Å². The van der Waals surface area contributed by atoms with Gasteiger partial charge in [-0.3, -0.25) is 14.6 Å². The second-order valence-electron chi connectivity index (χ2n) is 6.07. The summed E-state index contributed by atoms with van der Waals surface area (Å²) in [6.45, 7) is 3.11. The normalized spacial score (nSPS) is 11.0. The molecule has 0 spiro atoms. The van der Waals surface area contributed by atoms with Gasteiger partial charge in [0.15, 0.2) is 0 Å². The van der Waals surface area contributed by atoms with Gasteiger partial charge in [-0.25, -0.2) is 0 Å². The van der Waals surface area contributed by atoms with Gasteiger partial charge < -0.3 is 9.15 Å². The number of aromatic nitrogens is 1. The van der Waals surface area contributed by atoms with Crippen molar-refractivity contribution >= 4 is 27.8 Å². The lowest BCUT2D eigenvalue weighted by atomic mass is 10.0. The van der Waals surface area contributed by atoms with Crippen molar-refractivity contribution in [3.8, 4) is 16.9 Å². The summed E-state index contributed by atoms with van der Waals surface area (Å²) in [7, 11) is 0. The Bertz CT molecular complexity index is 1220. The molecule has 0 fully saturated rings. The summed E-state index contributed by atoms with van der Waals surface area (Å²) in [5.41, 5.74) is 2.82. The lowest BCUT2D eigenvalue weighted by molar-refractivity contribution is -0.131. The predicted octanol–water partition coefficient (Wildman–Crippen LogP) is 4.24. The van der Waals surface area contributed by atoms with E-state index >= 15 is 0 Å². The maximum absolute atomic E-state index is 13.1. The van der Waals surface area contributed by atoms with E-state index in [9.17, 15) is 9.59 Å². The number of aryl methyl sites for hydroxylation is 1. The van der Waals surface area contributed by atoms with Crippen LogP contribution in [0.15, 0.2) is 64.1 Å². The van der Waals surface area contributed by atoms with Crippen molar-refractivity contribution in [2.75, 3.05) is 0 Å². The van der Waals surface area contributed by atoms with Crippen LogP contribution in [0.1, 0.15) is 12.5 Å². The molecular weight excluding hydrogens is 330 g/mol. The van der Waals surface area contributed by atoms with Crippen molar-refractivity contribution in [2.24, 2.45) is 0 Å². The third-order valence-corrected chi connectivity index (χ3v) is 4.25. The van der Waals surface area contributed by atoms with Gasteiger partial charge in [-0.2, -0.15) is 0 Å². The van der Waals surface area contributed by atoms with E-state index in [2.05, 4.69) is 4.98 Å². The number of carbonyl (C=O) groups is 1. The molecule has 2 aromatic carbocycles. The molecule has 0 N–H and O–H groups in total. The van der Waals surface area contributed by atoms with Gasteiger partial charge in [0.2, 0.25) is 5.43 Å². The van der Waals surface area contributed by atoms with Gasteiger partial charge in [-0.05, 0) is 24.6 Å².